The third-order valence-corrected chi connectivity index (χ3v) is 4.51. The van der Waals surface area contributed by atoms with Gasteiger partial charge in [0, 0.05) is 44.1 Å². The lowest BCUT2D eigenvalue weighted by Crippen LogP contribution is -2.36. The van der Waals surface area contributed by atoms with E-state index >= 15 is 0 Å². The molecule has 1 fully saturated rings. The second-order valence-corrected chi connectivity index (χ2v) is 6.61. The summed E-state index contributed by atoms with van der Waals surface area (Å²) in [4.78, 5) is 13.8. The molecule has 2 aromatic rings. The highest BCUT2D eigenvalue weighted by atomic mass is 15.2. The molecule has 0 saturated carbocycles. The maximum atomic E-state index is 4.67. The smallest absolute Gasteiger partial charge is 0.128 e. The molecule has 124 valence electrons. The summed E-state index contributed by atoms with van der Waals surface area (Å²) in [5.41, 5.74) is 0. The van der Waals surface area contributed by atoms with E-state index in [0.29, 0.717) is 5.92 Å². The van der Waals surface area contributed by atoms with E-state index < -0.39 is 0 Å². The fourth-order valence-electron chi connectivity index (χ4n) is 3.36. The molecule has 5 nitrogen and oxygen atoms in total. The summed E-state index contributed by atoms with van der Waals surface area (Å²) in [7, 11) is 4.25. The van der Waals surface area contributed by atoms with Gasteiger partial charge in [-0.05, 0) is 52.0 Å². The maximum Gasteiger partial charge on any atom is 0.128 e. The Kier molecular flexibility index (Phi) is 5.28. The highest BCUT2D eigenvalue weighted by Gasteiger charge is 2.25. The van der Waals surface area contributed by atoms with Gasteiger partial charge in [-0.2, -0.15) is 0 Å². The van der Waals surface area contributed by atoms with Gasteiger partial charge < -0.3 is 14.4 Å². The van der Waals surface area contributed by atoms with E-state index in [1.165, 1.54) is 18.7 Å². The molecule has 0 radical (unpaired) electrons. The lowest BCUT2D eigenvalue weighted by atomic mass is 9.97. The van der Waals surface area contributed by atoms with Crippen molar-refractivity contribution in [3.63, 3.8) is 0 Å². The second-order valence-electron chi connectivity index (χ2n) is 6.61. The van der Waals surface area contributed by atoms with Gasteiger partial charge in [-0.3, -0.25) is 0 Å². The molecule has 0 amide bonds. The van der Waals surface area contributed by atoms with Crippen LogP contribution < -0.4 is 4.90 Å². The molecular formula is C18H27N5. The Morgan fingerprint density at radius 1 is 1.22 bits per heavy atom. The van der Waals surface area contributed by atoms with Crippen LogP contribution in [-0.4, -0.2) is 53.2 Å². The molecule has 1 atom stereocenters. The molecule has 0 unspecified atom stereocenters. The molecule has 0 bridgehead atoms. The van der Waals surface area contributed by atoms with Crippen molar-refractivity contribution in [1.29, 1.82) is 0 Å². The number of aromatic nitrogens is 3. The fraction of sp³-hybridized carbons (Fsp3) is 0.556. The van der Waals surface area contributed by atoms with Gasteiger partial charge in [-0.1, -0.05) is 6.07 Å². The fourth-order valence-corrected chi connectivity index (χ4v) is 3.36. The topological polar surface area (TPSA) is 37.2 Å². The van der Waals surface area contributed by atoms with Crippen molar-refractivity contribution in [1.82, 2.24) is 19.4 Å². The Morgan fingerprint density at radius 3 is 2.91 bits per heavy atom. The van der Waals surface area contributed by atoms with Gasteiger partial charge >= 0.3 is 0 Å². The lowest BCUT2D eigenvalue weighted by Gasteiger charge is -2.33. The number of aryl methyl sites for hydroxylation is 1. The summed E-state index contributed by atoms with van der Waals surface area (Å²) in [5.74, 6) is 2.83. The van der Waals surface area contributed by atoms with Crippen molar-refractivity contribution in [2.24, 2.45) is 0 Å². The van der Waals surface area contributed by atoms with Crippen LogP contribution in [0.3, 0.4) is 0 Å². The minimum absolute atomic E-state index is 0.500. The average molecular weight is 313 g/mol. The summed E-state index contributed by atoms with van der Waals surface area (Å²) in [6.07, 6.45) is 9.53. The molecule has 0 aliphatic carbocycles. The van der Waals surface area contributed by atoms with Gasteiger partial charge in [0.1, 0.15) is 11.6 Å². The Labute approximate surface area is 139 Å². The van der Waals surface area contributed by atoms with Gasteiger partial charge in [-0.25, -0.2) is 9.97 Å². The van der Waals surface area contributed by atoms with Crippen molar-refractivity contribution < 1.29 is 0 Å². The largest absolute Gasteiger partial charge is 0.356 e. The van der Waals surface area contributed by atoms with Crippen molar-refractivity contribution in [2.75, 3.05) is 38.6 Å². The van der Waals surface area contributed by atoms with Crippen LogP contribution in [0.4, 0.5) is 5.82 Å². The number of hydrogen-bond acceptors (Lipinski definition) is 4. The third-order valence-electron chi connectivity index (χ3n) is 4.51. The minimum Gasteiger partial charge on any atom is -0.356 e. The standard InChI is InChI=1S/C18H27N5/c1-21(2)11-6-13-22-14-10-20-18(22)16-7-5-12-23(15-16)17-8-3-4-9-19-17/h3-4,8-10,14,16H,5-7,11-13,15H2,1-2H3/t16-/m0/s1. The summed E-state index contributed by atoms with van der Waals surface area (Å²) >= 11 is 0. The quantitative estimate of drug-likeness (QED) is 0.821. The number of anilines is 1. The van der Waals surface area contributed by atoms with Crippen LogP contribution in [-0.2, 0) is 6.54 Å². The number of hydrogen-bond donors (Lipinski definition) is 0. The zero-order chi connectivity index (χ0) is 16.1. The molecule has 1 aliphatic heterocycles. The zero-order valence-corrected chi connectivity index (χ0v) is 14.2. The van der Waals surface area contributed by atoms with Gasteiger partial charge in [0.25, 0.3) is 0 Å². The summed E-state index contributed by atoms with van der Waals surface area (Å²) in [6, 6.07) is 6.14. The van der Waals surface area contributed by atoms with Gasteiger partial charge in [0.15, 0.2) is 0 Å². The molecule has 0 aromatic carbocycles. The Balaban J connectivity index is 1.66. The van der Waals surface area contributed by atoms with E-state index in [1.807, 2.05) is 18.5 Å². The van der Waals surface area contributed by atoms with Crippen LogP contribution in [0.2, 0.25) is 0 Å². The first-order chi connectivity index (χ1) is 11.2. The van der Waals surface area contributed by atoms with E-state index in [9.17, 15) is 0 Å². The van der Waals surface area contributed by atoms with Crippen LogP contribution in [0.25, 0.3) is 0 Å². The lowest BCUT2D eigenvalue weighted by molar-refractivity contribution is 0.380. The first-order valence-electron chi connectivity index (χ1n) is 8.56. The van der Waals surface area contributed by atoms with Crippen LogP contribution >= 0.6 is 0 Å². The molecule has 3 heterocycles. The number of imidazole rings is 1. The maximum absolute atomic E-state index is 4.67. The number of piperidine rings is 1. The van der Waals surface area contributed by atoms with Gasteiger partial charge in [0.2, 0.25) is 0 Å². The van der Waals surface area contributed by atoms with E-state index in [4.69, 9.17) is 0 Å². The van der Waals surface area contributed by atoms with Crippen LogP contribution in [0.15, 0.2) is 36.8 Å². The van der Waals surface area contributed by atoms with Crippen LogP contribution in [0, 0.1) is 0 Å². The molecule has 0 N–H and O–H groups in total. The van der Waals surface area contributed by atoms with E-state index in [2.05, 4.69) is 56.8 Å². The summed E-state index contributed by atoms with van der Waals surface area (Å²) in [6.45, 7) is 4.27. The highest BCUT2D eigenvalue weighted by Crippen LogP contribution is 2.28. The number of nitrogens with zero attached hydrogens (tertiary/aromatic N) is 5. The molecule has 2 aromatic heterocycles. The first kappa shape index (κ1) is 16.0. The van der Waals surface area contributed by atoms with Crippen LogP contribution in [0.5, 0.6) is 0 Å². The van der Waals surface area contributed by atoms with E-state index in [1.54, 1.807) is 0 Å². The molecule has 1 saturated heterocycles. The Bertz CT molecular complexity index is 592. The Morgan fingerprint density at radius 2 is 2.13 bits per heavy atom. The van der Waals surface area contributed by atoms with Crippen LogP contribution in [0.1, 0.15) is 31.0 Å². The zero-order valence-electron chi connectivity index (χ0n) is 14.2. The van der Waals surface area contributed by atoms with E-state index in [0.717, 1.165) is 38.4 Å². The predicted molar refractivity (Wildman–Crippen MR) is 93.8 cm³/mol. The van der Waals surface area contributed by atoms with E-state index in [-0.39, 0.29) is 0 Å². The summed E-state index contributed by atoms with van der Waals surface area (Å²) in [5, 5.41) is 0. The first-order valence-corrected chi connectivity index (χ1v) is 8.56. The normalized spacial score (nSPS) is 18.6. The number of rotatable bonds is 6. The minimum atomic E-state index is 0.500. The monoisotopic (exact) mass is 313 g/mol. The average Bonchev–Trinajstić information content (AvgIpc) is 3.04. The van der Waals surface area contributed by atoms with Crippen molar-refractivity contribution >= 4 is 5.82 Å². The SMILES string of the molecule is CN(C)CCCn1ccnc1[C@H]1CCCN(c2ccccn2)C1. The molecule has 5 heteroatoms. The molecular weight excluding hydrogens is 286 g/mol. The van der Waals surface area contributed by atoms with Crippen molar-refractivity contribution in [2.45, 2.75) is 31.7 Å². The van der Waals surface area contributed by atoms with Crippen molar-refractivity contribution in [3.05, 3.63) is 42.6 Å². The van der Waals surface area contributed by atoms with Crippen molar-refractivity contribution in [3.8, 4) is 0 Å². The molecule has 23 heavy (non-hydrogen) atoms. The molecule has 3 rings (SSSR count). The van der Waals surface area contributed by atoms with Gasteiger partial charge in [-0.15, -0.1) is 0 Å². The molecule has 1 aliphatic rings. The second kappa shape index (κ2) is 7.59. The molecule has 0 spiro atoms. The highest BCUT2D eigenvalue weighted by molar-refractivity contribution is 5.39. The predicted octanol–water partition coefficient (Wildman–Crippen LogP) is 2.61. The summed E-state index contributed by atoms with van der Waals surface area (Å²) < 4.78 is 2.34. The third kappa shape index (κ3) is 4.10. The number of pyridine rings is 1. The Hall–Kier alpha value is -1.88. The van der Waals surface area contributed by atoms with Gasteiger partial charge in [0.05, 0.1) is 0 Å².